The van der Waals surface area contributed by atoms with Crippen LogP contribution in [-0.2, 0) is 32.6 Å². The van der Waals surface area contributed by atoms with Crippen molar-refractivity contribution in [1.82, 2.24) is 10.2 Å². The molecular formula is C36H40FN3O4S. The van der Waals surface area contributed by atoms with Crippen molar-refractivity contribution < 1.29 is 22.4 Å². The Kier molecular flexibility index (Phi) is 11.5. The Morgan fingerprint density at radius 3 is 2.16 bits per heavy atom. The molecule has 0 aliphatic heterocycles. The molecule has 2 amide bonds. The molecule has 0 saturated heterocycles. The highest BCUT2D eigenvalue weighted by atomic mass is 32.2. The summed E-state index contributed by atoms with van der Waals surface area (Å²) in [7, 11) is -4.21. The lowest BCUT2D eigenvalue weighted by molar-refractivity contribution is -0.140. The van der Waals surface area contributed by atoms with Gasteiger partial charge in [0.25, 0.3) is 10.0 Å². The molecule has 9 heteroatoms. The second-order valence-electron chi connectivity index (χ2n) is 11.0. The minimum absolute atomic E-state index is 0.0255. The molecule has 4 aromatic carbocycles. The minimum atomic E-state index is -4.21. The highest BCUT2D eigenvalue weighted by Gasteiger charge is 2.35. The smallest absolute Gasteiger partial charge is 0.264 e. The summed E-state index contributed by atoms with van der Waals surface area (Å²) < 4.78 is 44.4. The van der Waals surface area contributed by atoms with Gasteiger partial charge in [0.2, 0.25) is 11.8 Å². The van der Waals surface area contributed by atoms with E-state index in [0.717, 1.165) is 28.3 Å². The molecule has 0 aliphatic carbocycles. The van der Waals surface area contributed by atoms with Crippen LogP contribution in [0.15, 0.2) is 108 Å². The van der Waals surface area contributed by atoms with E-state index in [1.807, 2.05) is 50.2 Å². The predicted octanol–water partition coefficient (Wildman–Crippen LogP) is 6.19. The average molecular weight is 630 g/mol. The molecule has 7 nitrogen and oxygen atoms in total. The number of carbonyl (C=O) groups is 2. The molecular weight excluding hydrogens is 589 g/mol. The molecule has 1 atom stereocenters. The molecule has 0 saturated carbocycles. The molecule has 45 heavy (non-hydrogen) atoms. The predicted molar refractivity (Wildman–Crippen MR) is 176 cm³/mol. The van der Waals surface area contributed by atoms with E-state index in [1.165, 1.54) is 23.1 Å². The topological polar surface area (TPSA) is 86.8 Å². The van der Waals surface area contributed by atoms with E-state index in [4.69, 9.17) is 0 Å². The first-order chi connectivity index (χ1) is 21.6. The third kappa shape index (κ3) is 8.36. The van der Waals surface area contributed by atoms with Gasteiger partial charge in [-0.25, -0.2) is 12.8 Å². The van der Waals surface area contributed by atoms with E-state index < -0.39 is 34.3 Å². The molecule has 0 aromatic heterocycles. The van der Waals surface area contributed by atoms with Crippen LogP contribution in [-0.4, -0.2) is 44.3 Å². The number of hydrogen-bond donors (Lipinski definition) is 1. The number of amides is 2. The van der Waals surface area contributed by atoms with Crippen LogP contribution in [0.25, 0.3) is 0 Å². The fourth-order valence-corrected chi connectivity index (χ4v) is 6.60. The third-order valence-corrected chi connectivity index (χ3v) is 9.63. The van der Waals surface area contributed by atoms with Crippen molar-refractivity contribution in [2.75, 3.05) is 17.4 Å². The summed E-state index contributed by atoms with van der Waals surface area (Å²) in [5, 5.41) is 2.94. The number of aryl methyl sites for hydroxylation is 1. The van der Waals surface area contributed by atoms with Crippen molar-refractivity contribution in [3.05, 3.63) is 131 Å². The minimum Gasteiger partial charge on any atom is -0.354 e. The van der Waals surface area contributed by atoms with Crippen LogP contribution < -0.4 is 9.62 Å². The fourth-order valence-electron chi connectivity index (χ4n) is 5.11. The first-order valence-electron chi connectivity index (χ1n) is 15.1. The normalized spacial score (nSPS) is 11.9. The summed E-state index contributed by atoms with van der Waals surface area (Å²) >= 11 is 0. The van der Waals surface area contributed by atoms with Gasteiger partial charge in [0, 0.05) is 25.1 Å². The maximum Gasteiger partial charge on any atom is 0.264 e. The van der Waals surface area contributed by atoms with Gasteiger partial charge in [0.05, 0.1) is 10.6 Å². The van der Waals surface area contributed by atoms with Gasteiger partial charge in [0.1, 0.15) is 18.4 Å². The van der Waals surface area contributed by atoms with E-state index in [0.29, 0.717) is 17.8 Å². The van der Waals surface area contributed by atoms with E-state index in [9.17, 15) is 18.0 Å². The van der Waals surface area contributed by atoms with Crippen LogP contribution in [0.4, 0.5) is 10.1 Å². The van der Waals surface area contributed by atoms with Crippen molar-refractivity contribution >= 4 is 27.5 Å². The zero-order chi connectivity index (χ0) is 32.4. The zero-order valence-electron chi connectivity index (χ0n) is 25.9. The van der Waals surface area contributed by atoms with Gasteiger partial charge in [-0.15, -0.1) is 0 Å². The van der Waals surface area contributed by atoms with Crippen molar-refractivity contribution in [3.63, 3.8) is 0 Å². The van der Waals surface area contributed by atoms with Crippen molar-refractivity contribution in [3.8, 4) is 0 Å². The molecule has 0 bridgehead atoms. The second kappa shape index (κ2) is 15.5. The summed E-state index contributed by atoms with van der Waals surface area (Å²) in [6.45, 7) is 5.28. The quantitative estimate of drug-likeness (QED) is 0.169. The Hall–Kier alpha value is -4.50. The van der Waals surface area contributed by atoms with E-state index in [2.05, 4.69) is 5.32 Å². The number of hydrogen-bond acceptors (Lipinski definition) is 4. The molecule has 0 fully saturated rings. The molecule has 0 radical (unpaired) electrons. The lowest BCUT2D eigenvalue weighted by Crippen LogP contribution is -2.53. The van der Waals surface area contributed by atoms with Crippen LogP contribution in [0.3, 0.4) is 0 Å². The number of halogens is 1. The number of nitrogens with one attached hydrogen (secondary N) is 1. The lowest BCUT2D eigenvalue weighted by atomic mass is 10.0. The molecule has 4 aromatic rings. The number of anilines is 1. The number of nitrogens with zero attached hydrogens (tertiary/aromatic N) is 2. The molecule has 1 N–H and O–H groups in total. The summed E-state index contributed by atoms with van der Waals surface area (Å²) in [5.41, 5.74) is 2.93. The Bertz CT molecular complexity index is 1700. The number of carbonyl (C=O) groups excluding carboxylic acids is 2. The Morgan fingerprint density at radius 1 is 0.844 bits per heavy atom. The van der Waals surface area contributed by atoms with Gasteiger partial charge in [0.15, 0.2) is 0 Å². The van der Waals surface area contributed by atoms with E-state index >= 15 is 4.39 Å². The van der Waals surface area contributed by atoms with Gasteiger partial charge in [-0.3, -0.25) is 13.9 Å². The average Bonchev–Trinajstić information content (AvgIpc) is 3.04. The van der Waals surface area contributed by atoms with Gasteiger partial charge in [-0.05, 0) is 61.2 Å². The molecule has 236 valence electrons. The first kappa shape index (κ1) is 33.4. The summed E-state index contributed by atoms with van der Waals surface area (Å²) in [5.74, 6) is -1.55. The van der Waals surface area contributed by atoms with Crippen LogP contribution in [0.5, 0.6) is 0 Å². The SMILES string of the molecule is CCCCNC(=O)C(Cc1ccccc1)N(Cc1ccccc1F)C(=O)CN(c1cccc(C)c1C)S(=O)(=O)c1ccccc1. The largest absolute Gasteiger partial charge is 0.354 e. The van der Waals surface area contributed by atoms with Crippen molar-refractivity contribution in [1.29, 1.82) is 0 Å². The summed E-state index contributed by atoms with van der Waals surface area (Å²) in [6.07, 6.45) is 1.78. The summed E-state index contributed by atoms with van der Waals surface area (Å²) in [4.78, 5) is 29.6. The van der Waals surface area contributed by atoms with Crippen LogP contribution >= 0.6 is 0 Å². The van der Waals surface area contributed by atoms with E-state index in [1.54, 1.807) is 55.5 Å². The Labute approximate surface area is 265 Å². The molecule has 1 unspecified atom stereocenters. The van der Waals surface area contributed by atoms with Gasteiger partial charge >= 0.3 is 0 Å². The molecule has 0 spiro atoms. The van der Waals surface area contributed by atoms with E-state index in [-0.39, 0.29) is 29.3 Å². The Morgan fingerprint density at radius 2 is 1.49 bits per heavy atom. The highest BCUT2D eigenvalue weighted by molar-refractivity contribution is 7.92. The first-order valence-corrected chi connectivity index (χ1v) is 16.6. The lowest BCUT2D eigenvalue weighted by Gasteiger charge is -2.34. The van der Waals surface area contributed by atoms with Crippen LogP contribution in [0.1, 0.15) is 42.0 Å². The standard InChI is InChI=1S/C36H40FN3O4S/c1-4-5-23-38-36(42)34(24-29-16-8-6-9-17-29)39(25-30-18-12-13-21-32(30)37)35(41)26-40(33-22-14-15-27(2)28(33)3)45(43,44)31-19-10-7-11-20-31/h6-22,34H,4-5,23-26H2,1-3H3,(H,38,42). The third-order valence-electron chi connectivity index (χ3n) is 7.85. The number of unbranched alkanes of at least 4 members (excludes halogenated alkanes) is 1. The second-order valence-corrected chi connectivity index (χ2v) is 12.9. The maximum absolute atomic E-state index is 15.0. The molecule has 0 heterocycles. The molecule has 0 aliphatic rings. The monoisotopic (exact) mass is 629 g/mol. The zero-order valence-corrected chi connectivity index (χ0v) is 26.8. The fraction of sp³-hybridized carbons (Fsp3) is 0.278. The summed E-state index contributed by atoms with van der Waals surface area (Å²) in [6, 6.07) is 27.5. The number of sulfonamides is 1. The Balaban J connectivity index is 1.82. The maximum atomic E-state index is 15.0. The van der Waals surface area contributed by atoms with Crippen LogP contribution in [0.2, 0.25) is 0 Å². The molecule has 4 rings (SSSR count). The van der Waals surface area contributed by atoms with Crippen molar-refractivity contribution in [2.45, 2.75) is 57.5 Å². The van der Waals surface area contributed by atoms with Gasteiger partial charge < -0.3 is 10.2 Å². The van der Waals surface area contributed by atoms with Crippen LogP contribution in [0, 0.1) is 19.7 Å². The highest BCUT2D eigenvalue weighted by Crippen LogP contribution is 2.29. The van der Waals surface area contributed by atoms with Gasteiger partial charge in [-0.1, -0.05) is 92.2 Å². The van der Waals surface area contributed by atoms with Crippen molar-refractivity contribution in [2.24, 2.45) is 0 Å². The number of rotatable bonds is 14. The number of benzene rings is 4. The van der Waals surface area contributed by atoms with Gasteiger partial charge in [-0.2, -0.15) is 0 Å².